The maximum absolute atomic E-state index is 12.7. The van der Waals surface area contributed by atoms with Crippen molar-refractivity contribution in [3.8, 4) is 0 Å². The zero-order chi connectivity index (χ0) is 13.6. The van der Waals surface area contributed by atoms with E-state index in [1.165, 1.54) is 0 Å². The highest BCUT2D eigenvalue weighted by Crippen LogP contribution is 2.36. The van der Waals surface area contributed by atoms with Gasteiger partial charge in [0.2, 0.25) is 0 Å². The van der Waals surface area contributed by atoms with E-state index >= 15 is 0 Å². The fourth-order valence-corrected chi connectivity index (χ4v) is 4.17. The summed E-state index contributed by atoms with van der Waals surface area (Å²) in [7, 11) is 0. The Balaban J connectivity index is 1.88. The summed E-state index contributed by atoms with van der Waals surface area (Å²) in [5.74, 6) is 0.170. The number of amides is 1. The number of halogens is 1. The number of aryl methyl sites for hydroxylation is 1. The first-order valence-corrected chi connectivity index (χ1v) is 7.69. The van der Waals surface area contributed by atoms with Crippen molar-refractivity contribution in [3.05, 3.63) is 33.8 Å². The molecule has 3 nitrogen and oxygen atoms in total. The molecule has 2 atom stereocenters. The van der Waals surface area contributed by atoms with Crippen LogP contribution in [0.2, 0.25) is 0 Å². The zero-order valence-corrected chi connectivity index (χ0v) is 12.7. The van der Waals surface area contributed by atoms with Gasteiger partial charge in [-0.2, -0.15) is 0 Å². The second-order valence-electron chi connectivity index (χ2n) is 5.85. The van der Waals surface area contributed by atoms with Crippen molar-refractivity contribution in [2.75, 3.05) is 0 Å². The molecule has 2 bridgehead atoms. The van der Waals surface area contributed by atoms with Crippen LogP contribution >= 0.6 is 15.9 Å². The first-order valence-electron chi connectivity index (χ1n) is 6.90. The van der Waals surface area contributed by atoms with E-state index in [1.54, 1.807) is 0 Å². The Kier molecular flexibility index (Phi) is 3.39. The van der Waals surface area contributed by atoms with Gasteiger partial charge in [-0.05, 0) is 56.4 Å². The number of benzene rings is 1. The van der Waals surface area contributed by atoms with Gasteiger partial charge in [0.05, 0.1) is 0 Å². The van der Waals surface area contributed by atoms with E-state index in [1.807, 2.05) is 25.1 Å². The molecule has 1 aromatic carbocycles. The zero-order valence-electron chi connectivity index (χ0n) is 11.1. The molecule has 2 N–H and O–H groups in total. The molecule has 1 amide bonds. The summed E-state index contributed by atoms with van der Waals surface area (Å²) in [4.78, 5) is 14.8. The second kappa shape index (κ2) is 4.91. The van der Waals surface area contributed by atoms with Gasteiger partial charge >= 0.3 is 0 Å². The first-order chi connectivity index (χ1) is 9.04. The Hall–Kier alpha value is -0.870. The monoisotopic (exact) mass is 322 g/mol. The van der Waals surface area contributed by atoms with Crippen LogP contribution in [0.4, 0.5) is 0 Å². The van der Waals surface area contributed by atoms with Crippen LogP contribution in [0.1, 0.15) is 41.6 Å². The molecule has 2 unspecified atom stereocenters. The van der Waals surface area contributed by atoms with Crippen LogP contribution in [-0.4, -0.2) is 28.9 Å². The Bertz CT molecular complexity index is 483. The fraction of sp³-hybridized carbons (Fsp3) is 0.533. The summed E-state index contributed by atoms with van der Waals surface area (Å²) in [6, 6.07) is 6.88. The van der Waals surface area contributed by atoms with E-state index in [-0.39, 0.29) is 11.9 Å². The number of nitrogens with two attached hydrogens (primary N) is 1. The fourth-order valence-electron chi connectivity index (χ4n) is 3.56. The van der Waals surface area contributed by atoms with Crippen LogP contribution in [0.15, 0.2) is 22.7 Å². The van der Waals surface area contributed by atoms with Gasteiger partial charge in [-0.3, -0.25) is 4.79 Å². The van der Waals surface area contributed by atoms with Crippen LogP contribution in [0.25, 0.3) is 0 Å². The number of piperidine rings is 1. The molecule has 4 heteroatoms. The third kappa shape index (κ3) is 2.43. The van der Waals surface area contributed by atoms with E-state index in [2.05, 4.69) is 20.8 Å². The van der Waals surface area contributed by atoms with Crippen molar-refractivity contribution in [3.63, 3.8) is 0 Å². The number of carbonyl (C=O) groups is 1. The molecule has 2 saturated heterocycles. The highest BCUT2D eigenvalue weighted by Gasteiger charge is 2.42. The molecule has 2 fully saturated rings. The van der Waals surface area contributed by atoms with Crippen molar-refractivity contribution in [1.29, 1.82) is 0 Å². The van der Waals surface area contributed by atoms with Crippen LogP contribution < -0.4 is 5.73 Å². The van der Waals surface area contributed by atoms with Gasteiger partial charge in [-0.25, -0.2) is 0 Å². The van der Waals surface area contributed by atoms with Gasteiger partial charge in [0.25, 0.3) is 5.91 Å². The molecule has 1 aromatic rings. The largest absolute Gasteiger partial charge is 0.333 e. The summed E-state index contributed by atoms with van der Waals surface area (Å²) < 4.78 is 0.969. The number of fused-ring (bicyclic) bond motifs is 2. The SMILES string of the molecule is Cc1cc(Br)cc(C(=O)N2C3CCC2CC(N)C3)c1. The molecule has 3 rings (SSSR count). The quantitative estimate of drug-likeness (QED) is 0.864. The van der Waals surface area contributed by atoms with Crippen molar-refractivity contribution < 1.29 is 4.79 Å². The minimum Gasteiger partial charge on any atom is -0.333 e. The molecule has 102 valence electrons. The molecule has 0 spiro atoms. The maximum Gasteiger partial charge on any atom is 0.254 e. The normalized spacial score (nSPS) is 29.6. The van der Waals surface area contributed by atoms with E-state index in [9.17, 15) is 4.79 Å². The van der Waals surface area contributed by atoms with E-state index < -0.39 is 0 Å². The lowest BCUT2D eigenvalue weighted by atomic mass is 9.97. The van der Waals surface area contributed by atoms with Gasteiger partial charge < -0.3 is 10.6 Å². The van der Waals surface area contributed by atoms with E-state index in [0.29, 0.717) is 12.1 Å². The maximum atomic E-state index is 12.7. The number of carbonyl (C=O) groups excluding carboxylic acids is 1. The Morgan fingerprint density at radius 2 is 1.89 bits per heavy atom. The molecule has 0 aromatic heterocycles. The van der Waals surface area contributed by atoms with Gasteiger partial charge in [0.1, 0.15) is 0 Å². The topological polar surface area (TPSA) is 46.3 Å². The summed E-state index contributed by atoms with van der Waals surface area (Å²) in [6.45, 7) is 2.02. The Morgan fingerprint density at radius 3 is 2.47 bits per heavy atom. The van der Waals surface area contributed by atoms with Gasteiger partial charge in [-0.1, -0.05) is 15.9 Å². The van der Waals surface area contributed by atoms with Crippen molar-refractivity contribution in [1.82, 2.24) is 4.90 Å². The van der Waals surface area contributed by atoms with Crippen LogP contribution in [0, 0.1) is 6.92 Å². The van der Waals surface area contributed by atoms with Gasteiger partial charge in [-0.15, -0.1) is 0 Å². The minimum absolute atomic E-state index is 0.170. The standard InChI is InChI=1S/C15H19BrN2O/c1-9-4-10(6-11(16)5-9)15(19)18-13-2-3-14(18)8-12(17)7-13/h4-6,12-14H,2-3,7-8,17H2,1H3. The van der Waals surface area contributed by atoms with Crippen LogP contribution in [0.3, 0.4) is 0 Å². The molecule has 2 aliphatic rings. The molecule has 0 aliphatic carbocycles. The number of nitrogens with zero attached hydrogens (tertiary/aromatic N) is 1. The lowest BCUT2D eigenvalue weighted by Crippen LogP contribution is -2.50. The molecular formula is C15H19BrN2O. The Morgan fingerprint density at radius 1 is 1.26 bits per heavy atom. The molecule has 19 heavy (non-hydrogen) atoms. The summed E-state index contributed by atoms with van der Waals surface area (Å²) >= 11 is 3.47. The van der Waals surface area contributed by atoms with Crippen molar-refractivity contribution in [2.45, 2.75) is 50.7 Å². The lowest BCUT2D eigenvalue weighted by Gasteiger charge is -2.37. The number of rotatable bonds is 1. The van der Waals surface area contributed by atoms with Gasteiger partial charge in [0, 0.05) is 28.2 Å². The molecule has 0 radical (unpaired) electrons. The highest BCUT2D eigenvalue weighted by atomic mass is 79.9. The first kappa shape index (κ1) is 13.1. The third-order valence-corrected chi connectivity index (χ3v) is 4.75. The average molecular weight is 323 g/mol. The smallest absolute Gasteiger partial charge is 0.254 e. The number of hydrogen-bond donors (Lipinski definition) is 1. The minimum atomic E-state index is 0.170. The molecule has 2 aliphatic heterocycles. The molecular weight excluding hydrogens is 304 g/mol. The second-order valence-corrected chi connectivity index (χ2v) is 6.76. The van der Waals surface area contributed by atoms with E-state index in [4.69, 9.17) is 5.73 Å². The third-order valence-electron chi connectivity index (χ3n) is 4.29. The van der Waals surface area contributed by atoms with Crippen LogP contribution in [-0.2, 0) is 0 Å². The van der Waals surface area contributed by atoms with E-state index in [0.717, 1.165) is 41.3 Å². The van der Waals surface area contributed by atoms with Crippen molar-refractivity contribution >= 4 is 21.8 Å². The lowest BCUT2D eigenvalue weighted by molar-refractivity contribution is 0.0575. The number of hydrogen-bond acceptors (Lipinski definition) is 2. The average Bonchev–Trinajstić information content (AvgIpc) is 2.59. The Labute approximate surface area is 122 Å². The highest BCUT2D eigenvalue weighted by molar-refractivity contribution is 9.10. The van der Waals surface area contributed by atoms with Gasteiger partial charge in [0.15, 0.2) is 0 Å². The molecule has 2 heterocycles. The van der Waals surface area contributed by atoms with Crippen molar-refractivity contribution in [2.24, 2.45) is 5.73 Å². The summed E-state index contributed by atoms with van der Waals surface area (Å²) in [6.07, 6.45) is 4.12. The predicted molar refractivity (Wildman–Crippen MR) is 79.1 cm³/mol. The molecule has 0 saturated carbocycles. The predicted octanol–water partition coefficient (Wildman–Crippen LogP) is 2.85. The summed E-state index contributed by atoms with van der Waals surface area (Å²) in [5, 5.41) is 0. The van der Waals surface area contributed by atoms with Crippen LogP contribution in [0.5, 0.6) is 0 Å². The summed E-state index contributed by atoms with van der Waals surface area (Å²) in [5.41, 5.74) is 7.96.